The first kappa shape index (κ1) is 16.5. The smallest absolute Gasteiger partial charge is 0.238 e. The molecule has 0 radical (unpaired) electrons. The molecule has 1 atom stereocenters. The van der Waals surface area contributed by atoms with Gasteiger partial charge in [0.25, 0.3) is 0 Å². The van der Waals surface area contributed by atoms with Gasteiger partial charge in [-0.3, -0.25) is 9.69 Å². The Hall–Kier alpha value is -1.59. The largest absolute Gasteiger partial charge is 0.399 e. The molecule has 1 amide bonds. The highest BCUT2D eigenvalue weighted by atomic mass is 16.2. The second-order valence-corrected chi connectivity index (χ2v) is 5.35. The number of nitrogen functional groups attached to an aromatic ring is 1. The van der Waals surface area contributed by atoms with Gasteiger partial charge in [-0.05, 0) is 45.8 Å². The van der Waals surface area contributed by atoms with E-state index in [1.54, 1.807) is 12.1 Å². The third-order valence-corrected chi connectivity index (χ3v) is 3.18. The second-order valence-electron chi connectivity index (χ2n) is 5.35. The van der Waals surface area contributed by atoms with Gasteiger partial charge >= 0.3 is 0 Å². The number of carbonyl (C=O) groups is 1. The zero-order valence-corrected chi connectivity index (χ0v) is 12.9. The van der Waals surface area contributed by atoms with Crippen molar-refractivity contribution in [3.05, 3.63) is 24.3 Å². The number of hydrogen-bond donors (Lipinski definition) is 2. The van der Waals surface area contributed by atoms with Gasteiger partial charge in [-0.1, -0.05) is 13.0 Å². The SMILES string of the molecule is CCN(CC(=O)Nc1cccc(N)c1)C(C)CN(C)C. The fourth-order valence-electron chi connectivity index (χ4n) is 2.22. The molecule has 20 heavy (non-hydrogen) atoms. The van der Waals surface area contributed by atoms with E-state index in [4.69, 9.17) is 5.73 Å². The number of amides is 1. The van der Waals surface area contributed by atoms with Gasteiger partial charge in [0, 0.05) is 24.0 Å². The maximum absolute atomic E-state index is 12.1. The first-order chi connectivity index (χ1) is 9.42. The van der Waals surface area contributed by atoms with Crippen molar-refractivity contribution < 1.29 is 4.79 Å². The number of nitrogens with two attached hydrogens (primary N) is 1. The summed E-state index contributed by atoms with van der Waals surface area (Å²) < 4.78 is 0. The van der Waals surface area contributed by atoms with Gasteiger partial charge in [-0.2, -0.15) is 0 Å². The van der Waals surface area contributed by atoms with Gasteiger partial charge in [0.1, 0.15) is 0 Å². The Morgan fingerprint density at radius 2 is 2.10 bits per heavy atom. The lowest BCUT2D eigenvalue weighted by atomic mass is 10.2. The average Bonchev–Trinajstić information content (AvgIpc) is 2.34. The molecule has 112 valence electrons. The summed E-state index contributed by atoms with van der Waals surface area (Å²) in [6, 6.07) is 7.57. The van der Waals surface area contributed by atoms with Crippen LogP contribution < -0.4 is 11.1 Å². The Bertz CT molecular complexity index is 434. The van der Waals surface area contributed by atoms with Crippen LogP contribution in [0.5, 0.6) is 0 Å². The molecule has 1 aromatic carbocycles. The number of anilines is 2. The Labute approximate surface area is 121 Å². The Morgan fingerprint density at radius 1 is 1.40 bits per heavy atom. The molecule has 3 N–H and O–H groups in total. The van der Waals surface area contributed by atoms with E-state index in [1.165, 1.54) is 0 Å². The summed E-state index contributed by atoms with van der Waals surface area (Å²) in [6.45, 7) is 6.37. The number of carbonyl (C=O) groups excluding carboxylic acids is 1. The molecule has 5 heteroatoms. The van der Waals surface area contributed by atoms with Crippen LogP contribution in [-0.2, 0) is 4.79 Å². The number of likely N-dealkylation sites (N-methyl/N-ethyl adjacent to an activating group) is 2. The van der Waals surface area contributed by atoms with Gasteiger partial charge in [0.15, 0.2) is 0 Å². The molecule has 0 aliphatic heterocycles. The molecule has 0 saturated heterocycles. The topological polar surface area (TPSA) is 61.6 Å². The molecule has 0 aromatic heterocycles. The standard InChI is InChI=1S/C15H26N4O/c1-5-19(12(2)10-18(3)4)11-15(20)17-14-8-6-7-13(16)9-14/h6-9,12H,5,10-11,16H2,1-4H3,(H,17,20). The normalized spacial score (nSPS) is 12.7. The Balaban J connectivity index is 2.55. The summed E-state index contributed by atoms with van der Waals surface area (Å²) in [5, 5.41) is 2.88. The average molecular weight is 278 g/mol. The third-order valence-electron chi connectivity index (χ3n) is 3.18. The highest BCUT2D eigenvalue weighted by Gasteiger charge is 2.16. The van der Waals surface area contributed by atoms with E-state index < -0.39 is 0 Å². The van der Waals surface area contributed by atoms with Gasteiger partial charge in [-0.15, -0.1) is 0 Å². The summed E-state index contributed by atoms with van der Waals surface area (Å²) in [7, 11) is 4.08. The molecule has 1 unspecified atom stereocenters. The van der Waals surface area contributed by atoms with Crippen LogP contribution in [0.15, 0.2) is 24.3 Å². The van der Waals surface area contributed by atoms with Crippen molar-refractivity contribution in [3.8, 4) is 0 Å². The minimum absolute atomic E-state index is 0.0111. The highest BCUT2D eigenvalue weighted by Crippen LogP contribution is 2.12. The number of hydrogen-bond acceptors (Lipinski definition) is 4. The molecule has 1 aromatic rings. The van der Waals surface area contributed by atoms with Gasteiger partial charge in [0.2, 0.25) is 5.91 Å². The van der Waals surface area contributed by atoms with Crippen LogP contribution in [0.1, 0.15) is 13.8 Å². The fourth-order valence-corrected chi connectivity index (χ4v) is 2.22. The second kappa shape index (κ2) is 7.87. The van der Waals surface area contributed by atoms with Gasteiger partial charge in [0.05, 0.1) is 6.54 Å². The van der Waals surface area contributed by atoms with Crippen LogP contribution in [0, 0.1) is 0 Å². The lowest BCUT2D eigenvalue weighted by Crippen LogP contribution is -2.43. The highest BCUT2D eigenvalue weighted by molar-refractivity contribution is 5.92. The van der Waals surface area contributed by atoms with Crippen LogP contribution in [0.25, 0.3) is 0 Å². The Kier molecular flexibility index (Phi) is 6.48. The molecule has 5 nitrogen and oxygen atoms in total. The molecular weight excluding hydrogens is 252 g/mol. The van der Waals surface area contributed by atoms with E-state index in [9.17, 15) is 4.79 Å². The number of nitrogens with one attached hydrogen (secondary N) is 1. The molecule has 1 rings (SSSR count). The van der Waals surface area contributed by atoms with Crippen molar-refractivity contribution in [2.75, 3.05) is 44.8 Å². The van der Waals surface area contributed by atoms with E-state index in [-0.39, 0.29) is 5.91 Å². The maximum Gasteiger partial charge on any atom is 0.238 e. The predicted molar refractivity (Wildman–Crippen MR) is 84.7 cm³/mol. The van der Waals surface area contributed by atoms with Crippen LogP contribution in [-0.4, -0.2) is 55.5 Å². The third kappa shape index (κ3) is 5.59. The molecular formula is C15H26N4O. The lowest BCUT2D eigenvalue weighted by Gasteiger charge is -2.29. The first-order valence-electron chi connectivity index (χ1n) is 6.96. The van der Waals surface area contributed by atoms with Crippen LogP contribution in [0.3, 0.4) is 0 Å². The van der Waals surface area contributed by atoms with Crippen LogP contribution in [0.2, 0.25) is 0 Å². The fraction of sp³-hybridized carbons (Fsp3) is 0.533. The minimum atomic E-state index is -0.0111. The van der Waals surface area contributed by atoms with E-state index >= 15 is 0 Å². The summed E-state index contributed by atoms with van der Waals surface area (Å²) in [6.07, 6.45) is 0. The van der Waals surface area contributed by atoms with E-state index in [0.717, 1.165) is 18.8 Å². The van der Waals surface area contributed by atoms with Crippen molar-refractivity contribution in [1.82, 2.24) is 9.80 Å². The number of rotatable bonds is 7. The summed E-state index contributed by atoms with van der Waals surface area (Å²) in [5.41, 5.74) is 7.09. The van der Waals surface area contributed by atoms with Crippen molar-refractivity contribution in [2.45, 2.75) is 19.9 Å². The predicted octanol–water partition coefficient (Wildman–Crippen LogP) is 1.48. The van der Waals surface area contributed by atoms with E-state index in [1.807, 2.05) is 26.2 Å². The minimum Gasteiger partial charge on any atom is -0.399 e. The molecule has 0 fully saturated rings. The zero-order chi connectivity index (χ0) is 15.1. The zero-order valence-electron chi connectivity index (χ0n) is 12.9. The summed E-state index contributed by atoms with van der Waals surface area (Å²) in [4.78, 5) is 16.4. The quantitative estimate of drug-likeness (QED) is 0.742. The van der Waals surface area contributed by atoms with E-state index in [2.05, 4.69) is 29.0 Å². The Morgan fingerprint density at radius 3 is 2.65 bits per heavy atom. The van der Waals surface area contributed by atoms with E-state index in [0.29, 0.717) is 18.3 Å². The molecule has 0 spiro atoms. The van der Waals surface area contributed by atoms with Crippen molar-refractivity contribution >= 4 is 17.3 Å². The van der Waals surface area contributed by atoms with Crippen LogP contribution in [0.4, 0.5) is 11.4 Å². The monoisotopic (exact) mass is 278 g/mol. The number of benzene rings is 1. The molecule has 0 saturated carbocycles. The molecule has 0 aliphatic rings. The van der Waals surface area contributed by atoms with Crippen molar-refractivity contribution in [3.63, 3.8) is 0 Å². The van der Waals surface area contributed by atoms with Crippen molar-refractivity contribution in [2.24, 2.45) is 0 Å². The number of nitrogens with zero attached hydrogens (tertiary/aromatic N) is 2. The van der Waals surface area contributed by atoms with Crippen molar-refractivity contribution in [1.29, 1.82) is 0 Å². The first-order valence-corrected chi connectivity index (χ1v) is 6.96. The summed E-state index contributed by atoms with van der Waals surface area (Å²) >= 11 is 0. The molecule has 0 heterocycles. The van der Waals surface area contributed by atoms with Gasteiger partial charge < -0.3 is 16.0 Å². The molecule has 0 aliphatic carbocycles. The molecule has 0 bridgehead atoms. The van der Waals surface area contributed by atoms with Gasteiger partial charge in [-0.25, -0.2) is 0 Å². The van der Waals surface area contributed by atoms with Crippen LogP contribution >= 0.6 is 0 Å². The maximum atomic E-state index is 12.1. The lowest BCUT2D eigenvalue weighted by molar-refractivity contribution is -0.117. The summed E-state index contributed by atoms with van der Waals surface area (Å²) in [5.74, 6) is -0.0111.